The molecule has 25 heavy (non-hydrogen) atoms. The fourth-order valence-electron chi connectivity index (χ4n) is 2.34. The molecule has 0 unspecified atom stereocenters. The topological polar surface area (TPSA) is 72.5 Å². The lowest BCUT2D eigenvalue weighted by Crippen LogP contribution is -2.27. The van der Waals surface area contributed by atoms with Crippen molar-refractivity contribution in [2.75, 3.05) is 19.4 Å². The summed E-state index contributed by atoms with van der Waals surface area (Å²) in [5.74, 6) is 0.203. The van der Waals surface area contributed by atoms with Gasteiger partial charge in [-0.25, -0.2) is 8.42 Å². The zero-order valence-corrected chi connectivity index (χ0v) is 15.4. The summed E-state index contributed by atoms with van der Waals surface area (Å²) in [7, 11) is -1.94. The van der Waals surface area contributed by atoms with E-state index in [4.69, 9.17) is 16.3 Å². The summed E-state index contributed by atoms with van der Waals surface area (Å²) in [6.45, 7) is 0.413. The van der Waals surface area contributed by atoms with Crippen LogP contribution in [0.2, 0.25) is 5.02 Å². The largest absolute Gasteiger partial charge is 0.496 e. The molecule has 0 aromatic heterocycles. The highest BCUT2D eigenvalue weighted by atomic mass is 35.5. The van der Waals surface area contributed by atoms with E-state index < -0.39 is 9.84 Å². The summed E-state index contributed by atoms with van der Waals surface area (Å²) in [5.41, 5.74) is 0.983. The monoisotopic (exact) mass is 381 g/mol. The molecule has 0 radical (unpaired) electrons. The van der Waals surface area contributed by atoms with Gasteiger partial charge in [0, 0.05) is 18.0 Å². The number of hydrogen-bond acceptors (Lipinski definition) is 4. The lowest BCUT2D eigenvalue weighted by molar-refractivity contribution is -0.120. The molecule has 0 saturated carbocycles. The van der Waals surface area contributed by atoms with Crippen LogP contribution in [0.1, 0.15) is 12.0 Å². The van der Waals surface area contributed by atoms with Crippen molar-refractivity contribution in [3.8, 4) is 5.75 Å². The maximum Gasteiger partial charge on any atom is 0.221 e. The number of nitrogens with one attached hydrogen (secondary N) is 1. The first kappa shape index (κ1) is 19.3. The quantitative estimate of drug-likeness (QED) is 0.763. The van der Waals surface area contributed by atoms with Crippen LogP contribution < -0.4 is 10.1 Å². The number of sulfone groups is 1. The van der Waals surface area contributed by atoms with Gasteiger partial charge in [-0.1, -0.05) is 35.9 Å². The number of rotatable bonds is 8. The van der Waals surface area contributed by atoms with Crippen LogP contribution in [-0.2, 0) is 21.1 Å². The molecular weight excluding hydrogens is 362 g/mol. The number of carbonyl (C=O) groups excluding carboxylic acids is 1. The Morgan fingerprint density at radius 3 is 2.64 bits per heavy atom. The van der Waals surface area contributed by atoms with Crippen molar-refractivity contribution in [3.63, 3.8) is 0 Å². The Hall–Kier alpha value is -2.05. The molecule has 2 aromatic rings. The molecule has 0 heterocycles. The van der Waals surface area contributed by atoms with Gasteiger partial charge in [-0.2, -0.15) is 0 Å². The molecule has 7 heteroatoms. The second-order valence-corrected chi connectivity index (χ2v) is 7.98. The number of amides is 1. The number of methoxy groups -OCH3 is 1. The summed E-state index contributed by atoms with van der Waals surface area (Å²) in [4.78, 5) is 12.0. The fourth-order valence-corrected chi connectivity index (χ4v) is 3.88. The van der Waals surface area contributed by atoms with Crippen LogP contribution in [0.5, 0.6) is 5.75 Å². The van der Waals surface area contributed by atoms with Crippen molar-refractivity contribution >= 4 is 27.3 Å². The second kappa shape index (κ2) is 8.87. The van der Waals surface area contributed by atoms with Crippen molar-refractivity contribution in [2.24, 2.45) is 0 Å². The Bertz CT molecular complexity index is 836. The average Bonchev–Trinajstić information content (AvgIpc) is 2.60. The van der Waals surface area contributed by atoms with E-state index in [1.807, 2.05) is 24.3 Å². The zero-order chi connectivity index (χ0) is 18.3. The summed E-state index contributed by atoms with van der Waals surface area (Å²) in [5, 5.41) is 3.08. The Kier molecular flexibility index (Phi) is 6.84. The third-order valence-corrected chi connectivity index (χ3v) is 5.61. The predicted molar refractivity (Wildman–Crippen MR) is 97.8 cm³/mol. The molecule has 0 bridgehead atoms. The third kappa shape index (κ3) is 5.76. The van der Waals surface area contributed by atoms with E-state index in [2.05, 4.69) is 5.32 Å². The molecule has 2 rings (SSSR count). The molecule has 1 amide bonds. The maximum absolute atomic E-state index is 12.2. The first-order valence-electron chi connectivity index (χ1n) is 7.79. The van der Waals surface area contributed by atoms with E-state index in [9.17, 15) is 13.2 Å². The fraction of sp³-hybridized carbons (Fsp3) is 0.278. The van der Waals surface area contributed by atoms with Crippen molar-refractivity contribution in [2.45, 2.75) is 17.7 Å². The van der Waals surface area contributed by atoms with E-state index in [-0.39, 0.29) is 23.0 Å². The van der Waals surface area contributed by atoms with E-state index >= 15 is 0 Å². The highest BCUT2D eigenvalue weighted by Crippen LogP contribution is 2.18. The molecule has 0 saturated heterocycles. The van der Waals surface area contributed by atoms with Crippen molar-refractivity contribution < 1.29 is 17.9 Å². The van der Waals surface area contributed by atoms with Crippen molar-refractivity contribution in [1.29, 1.82) is 0 Å². The maximum atomic E-state index is 12.2. The standard InChI is InChI=1S/C18H20ClNO4S/c1-24-17-8-3-2-5-14(17)9-11-20-18(21)10-12-25(22,23)16-7-4-6-15(19)13-16/h2-8,13H,9-12H2,1H3,(H,20,21). The lowest BCUT2D eigenvalue weighted by Gasteiger charge is -2.09. The predicted octanol–water partition coefficient (Wildman–Crippen LogP) is 2.87. The Morgan fingerprint density at radius 2 is 1.92 bits per heavy atom. The molecule has 1 N–H and O–H groups in total. The van der Waals surface area contributed by atoms with Crippen LogP contribution >= 0.6 is 11.6 Å². The van der Waals surface area contributed by atoms with Crippen LogP contribution in [0.15, 0.2) is 53.4 Å². The summed E-state index contributed by atoms with van der Waals surface area (Å²) < 4.78 is 29.7. The zero-order valence-electron chi connectivity index (χ0n) is 13.9. The highest BCUT2D eigenvalue weighted by molar-refractivity contribution is 7.91. The van der Waals surface area contributed by atoms with Crippen LogP contribution in [0.25, 0.3) is 0 Å². The van der Waals surface area contributed by atoms with Gasteiger partial charge in [0.05, 0.1) is 17.8 Å². The van der Waals surface area contributed by atoms with Crippen LogP contribution in [0.3, 0.4) is 0 Å². The van der Waals surface area contributed by atoms with Gasteiger partial charge in [0.25, 0.3) is 0 Å². The summed E-state index contributed by atoms with van der Waals surface area (Å²) in [6, 6.07) is 13.6. The number of ether oxygens (including phenoxy) is 1. The summed E-state index contributed by atoms with van der Waals surface area (Å²) in [6.07, 6.45) is 0.511. The minimum Gasteiger partial charge on any atom is -0.496 e. The van der Waals surface area contributed by atoms with E-state index in [0.29, 0.717) is 18.0 Å². The van der Waals surface area contributed by atoms with Crippen LogP contribution in [-0.4, -0.2) is 33.7 Å². The van der Waals surface area contributed by atoms with Gasteiger partial charge in [0.15, 0.2) is 9.84 Å². The Balaban J connectivity index is 1.82. The van der Waals surface area contributed by atoms with E-state index in [0.717, 1.165) is 11.3 Å². The smallest absolute Gasteiger partial charge is 0.221 e. The number of carbonyl (C=O) groups is 1. The number of para-hydroxylation sites is 1. The SMILES string of the molecule is COc1ccccc1CCNC(=O)CCS(=O)(=O)c1cccc(Cl)c1. The molecule has 0 aliphatic carbocycles. The van der Waals surface area contributed by atoms with Crippen LogP contribution in [0, 0.1) is 0 Å². The average molecular weight is 382 g/mol. The second-order valence-electron chi connectivity index (χ2n) is 5.44. The number of benzene rings is 2. The Labute approximate surface area is 152 Å². The van der Waals surface area contributed by atoms with Crippen molar-refractivity contribution in [3.05, 3.63) is 59.1 Å². The van der Waals surface area contributed by atoms with Gasteiger partial charge in [0.1, 0.15) is 5.75 Å². The minimum atomic E-state index is -3.53. The highest BCUT2D eigenvalue weighted by Gasteiger charge is 2.16. The molecule has 0 spiro atoms. The third-order valence-electron chi connectivity index (χ3n) is 3.66. The van der Waals surface area contributed by atoms with E-state index in [1.54, 1.807) is 19.2 Å². The van der Waals surface area contributed by atoms with Gasteiger partial charge in [-0.15, -0.1) is 0 Å². The van der Waals surface area contributed by atoms with Gasteiger partial charge >= 0.3 is 0 Å². The molecule has 0 atom stereocenters. The number of hydrogen-bond donors (Lipinski definition) is 1. The minimum absolute atomic E-state index is 0.0965. The first-order chi connectivity index (χ1) is 11.9. The normalized spacial score (nSPS) is 11.1. The Morgan fingerprint density at radius 1 is 1.16 bits per heavy atom. The van der Waals surface area contributed by atoms with Gasteiger partial charge in [-0.05, 0) is 36.2 Å². The van der Waals surface area contributed by atoms with E-state index in [1.165, 1.54) is 12.1 Å². The van der Waals surface area contributed by atoms with Gasteiger partial charge in [-0.3, -0.25) is 4.79 Å². The van der Waals surface area contributed by atoms with Gasteiger partial charge in [0.2, 0.25) is 5.91 Å². The van der Waals surface area contributed by atoms with Crippen LogP contribution in [0.4, 0.5) is 0 Å². The molecule has 0 aliphatic heterocycles. The van der Waals surface area contributed by atoms with Crippen molar-refractivity contribution in [1.82, 2.24) is 5.32 Å². The molecule has 2 aromatic carbocycles. The van der Waals surface area contributed by atoms with Gasteiger partial charge < -0.3 is 10.1 Å². The molecular formula is C18H20ClNO4S. The molecule has 0 aliphatic rings. The first-order valence-corrected chi connectivity index (χ1v) is 9.82. The molecule has 5 nitrogen and oxygen atoms in total. The summed E-state index contributed by atoms with van der Waals surface area (Å²) >= 11 is 5.81. The molecule has 0 fully saturated rings. The lowest BCUT2D eigenvalue weighted by atomic mass is 10.1. The molecule has 134 valence electrons. The number of halogens is 1.